The van der Waals surface area contributed by atoms with Gasteiger partial charge in [0.05, 0.1) is 6.10 Å². The van der Waals surface area contributed by atoms with E-state index in [1.165, 1.54) is 19.4 Å². The minimum Gasteiger partial charge on any atom is -0.393 e. The summed E-state index contributed by atoms with van der Waals surface area (Å²) in [6, 6.07) is 0. The van der Waals surface area contributed by atoms with Crippen LogP contribution in [0.15, 0.2) is 0 Å². The molecule has 2 nitrogen and oxygen atoms in total. The summed E-state index contributed by atoms with van der Waals surface area (Å²) in [5.74, 6) is 0.721. The summed E-state index contributed by atoms with van der Waals surface area (Å²) in [7, 11) is 0. The van der Waals surface area contributed by atoms with Crippen LogP contribution >= 0.6 is 0 Å². The number of hydrogen-bond acceptors (Lipinski definition) is 2. The average Bonchev–Trinajstić information content (AvgIpc) is 2.06. The van der Waals surface area contributed by atoms with E-state index in [1.807, 2.05) is 6.92 Å². The molecule has 0 bridgehead atoms. The Kier molecular flexibility index (Phi) is 3.87. The van der Waals surface area contributed by atoms with Crippen LogP contribution in [0.1, 0.15) is 32.6 Å². The van der Waals surface area contributed by atoms with Crippen molar-refractivity contribution in [3.63, 3.8) is 0 Å². The van der Waals surface area contributed by atoms with Gasteiger partial charge >= 0.3 is 0 Å². The van der Waals surface area contributed by atoms with Crippen molar-refractivity contribution in [2.75, 3.05) is 13.1 Å². The van der Waals surface area contributed by atoms with Crippen LogP contribution < -0.4 is 5.32 Å². The highest BCUT2D eigenvalue weighted by Gasteiger charge is 2.15. The zero-order chi connectivity index (χ0) is 8.10. The molecule has 0 aromatic heterocycles. The Hall–Kier alpha value is -0.0800. The number of piperidine rings is 1. The fraction of sp³-hybridized carbons (Fsp3) is 1.00. The van der Waals surface area contributed by atoms with Crippen molar-refractivity contribution in [1.29, 1.82) is 0 Å². The van der Waals surface area contributed by atoms with Crippen molar-refractivity contribution in [3.8, 4) is 0 Å². The second kappa shape index (κ2) is 4.73. The molecule has 0 aliphatic carbocycles. The number of aliphatic hydroxyl groups excluding tert-OH is 1. The van der Waals surface area contributed by atoms with E-state index in [2.05, 4.69) is 5.32 Å². The van der Waals surface area contributed by atoms with E-state index in [1.54, 1.807) is 0 Å². The van der Waals surface area contributed by atoms with E-state index in [9.17, 15) is 5.11 Å². The fourth-order valence-corrected chi connectivity index (χ4v) is 1.68. The van der Waals surface area contributed by atoms with E-state index in [-0.39, 0.29) is 6.10 Å². The first-order chi connectivity index (χ1) is 5.33. The zero-order valence-corrected chi connectivity index (χ0v) is 7.34. The highest BCUT2D eigenvalue weighted by molar-refractivity contribution is 4.71. The van der Waals surface area contributed by atoms with Crippen molar-refractivity contribution in [3.05, 3.63) is 0 Å². The molecule has 0 saturated carbocycles. The molecule has 0 spiro atoms. The summed E-state index contributed by atoms with van der Waals surface area (Å²) >= 11 is 0. The first-order valence-corrected chi connectivity index (χ1v) is 4.71. The van der Waals surface area contributed by atoms with Gasteiger partial charge in [-0.15, -0.1) is 0 Å². The molecule has 0 aromatic rings. The minimum atomic E-state index is -0.0695. The maximum atomic E-state index is 9.38. The Morgan fingerprint density at radius 3 is 3.00 bits per heavy atom. The molecule has 11 heavy (non-hydrogen) atoms. The van der Waals surface area contributed by atoms with Gasteiger partial charge in [-0.1, -0.05) is 6.92 Å². The molecule has 0 amide bonds. The van der Waals surface area contributed by atoms with E-state index in [4.69, 9.17) is 0 Å². The van der Waals surface area contributed by atoms with Crippen LogP contribution in [-0.2, 0) is 0 Å². The maximum Gasteiger partial charge on any atom is 0.0540 e. The summed E-state index contributed by atoms with van der Waals surface area (Å²) in [4.78, 5) is 0. The van der Waals surface area contributed by atoms with Crippen molar-refractivity contribution in [1.82, 2.24) is 5.32 Å². The molecule has 2 heteroatoms. The van der Waals surface area contributed by atoms with Gasteiger partial charge in [0.1, 0.15) is 0 Å². The number of nitrogens with one attached hydrogen (secondary N) is 1. The molecule has 1 saturated heterocycles. The number of hydrogen-bond donors (Lipinski definition) is 2. The summed E-state index contributed by atoms with van der Waals surface area (Å²) in [5, 5.41) is 12.7. The second-order valence-electron chi connectivity index (χ2n) is 3.51. The Bertz CT molecular complexity index is 99.7. The predicted octanol–water partition coefficient (Wildman–Crippen LogP) is 1.15. The summed E-state index contributed by atoms with van der Waals surface area (Å²) in [6.45, 7) is 4.32. The molecule has 66 valence electrons. The van der Waals surface area contributed by atoms with Crippen LogP contribution in [0, 0.1) is 5.92 Å². The Morgan fingerprint density at radius 1 is 1.64 bits per heavy atom. The van der Waals surface area contributed by atoms with Crippen molar-refractivity contribution in [2.24, 2.45) is 5.92 Å². The topological polar surface area (TPSA) is 32.3 Å². The van der Waals surface area contributed by atoms with Crippen LogP contribution in [0.25, 0.3) is 0 Å². The lowest BCUT2D eigenvalue weighted by Crippen LogP contribution is -2.31. The van der Waals surface area contributed by atoms with Crippen molar-refractivity contribution < 1.29 is 5.11 Å². The van der Waals surface area contributed by atoms with E-state index in [0.717, 1.165) is 25.3 Å². The van der Waals surface area contributed by atoms with Gasteiger partial charge in [0.2, 0.25) is 0 Å². The van der Waals surface area contributed by atoms with Crippen molar-refractivity contribution >= 4 is 0 Å². The van der Waals surface area contributed by atoms with E-state index < -0.39 is 0 Å². The highest BCUT2D eigenvalue weighted by atomic mass is 16.3. The third-order valence-corrected chi connectivity index (χ3v) is 2.48. The van der Waals surface area contributed by atoms with Gasteiger partial charge in [0.15, 0.2) is 0 Å². The van der Waals surface area contributed by atoms with Gasteiger partial charge < -0.3 is 10.4 Å². The highest BCUT2D eigenvalue weighted by Crippen LogP contribution is 2.16. The quantitative estimate of drug-likeness (QED) is 0.644. The monoisotopic (exact) mass is 157 g/mol. The van der Waals surface area contributed by atoms with Gasteiger partial charge in [-0.05, 0) is 44.7 Å². The Balaban J connectivity index is 2.13. The smallest absolute Gasteiger partial charge is 0.0540 e. The summed E-state index contributed by atoms with van der Waals surface area (Å²) < 4.78 is 0. The molecule has 2 atom stereocenters. The maximum absolute atomic E-state index is 9.38. The first kappa shape index (κ1) is 9.01. The van der Waals surface area contributed by atoms with Gasteiger partial charge in [-0.25, -0.2) is 0 Å². The third kappa shape index (κ3) is 3.21. The molecular weight excluding hydrogens is 138 g/mol. The molecule has 1 rings (SSSR count). The fourth-order valence-electron chi connectivity index (χ4n) is 1.68. The molecule has 1 aliphatic heterocycles. The van der Waals surface area contributed by atoms with Gasteiger partial charge in [-0.3, -0.25) is 0 Å². The molecule has 0 radical (unpaired) electrons. The summed E-state index contributed by atoms with van der Waals surface area (Å²) in [5.41, 5.74) is 0. The number of rotatable bonds is 3. The standard InChI is InChI=1S/C9H19NO/c1-2-9(11)6-8-4-3-5-10-7-8/h8-11H,2-7H2,1H3. The SMILES string of the molecule is CCC(O)CC1CCCNC1. The Morgan fingerprint density at radius 2 is 2.45 bits per heavy atom. The van der Waals surface area contributed by atoms with Gasteiger partial charge in [0, 0.05) is 0 Å². The molecule has 2 unspecified atom stereocenters. The van der Waals surface area contributed by atoms with E-state index >= 15 is 0 Å². The van der Waals surface area contributed by atoms with Crippen LogP contribution in [0.5, 0.6) is 0 Å². The zero-order valence-electron chi connectivity index (χ0n) is 7.34. The lowest BCUT2D eigenvalue weighted by Gasteiger charge is -2.24. The largest absolute Gasteiger partial charge is 0.393 e. The molecule has 1 heterocycles. The predicted molar refractivity (Wildman–Crippen MR) is 46.5 cm³/mol. The molecular formula is C9H19NO. The second-order valence-corrected chi connectivity index (χ2v) is 3.51. The molecule has 1 aliphatic rings. The lowest BCUT2D eigenvalue weighted by atomic mass is 9.93. The van der Waals surface area contributed by atoms with Crippen molar-refractivity contribution in [2.45, 2.75) is 38.7 Å². The van der Waals surface area contributed by atoms with Gasteiger partial charge in [-0.2, -0.15) is 0 Å². The molecule has 1 fully saturated rings. The first-order valence-electron chi connectivity index (χ1n) is 4.71. The van der Waals surface area contributed by atoms with Gasteiger partial charge in [0.25, 0.3) is 0 Å². The van der Waals surface area contributed by atoms with E-state index in [0.29, 0.717) is 0 Å². The minimum absolute atomic E-state index is 0.0695. The number of aliphatic hydroxyl groups is 1. The van der Waals surface area contributed by atoms with Crippen LogP contribution in [-0.4, -0.2) is 24.3 Å². The van der Waals surface area contributed by atoms with Crippen LogP contribution in [0.2, 0.25) is 0 Å². The Labute approximate surface area is 69.0 Å². The van der Waals surface area contributed by atoms with Crippen LogP contribution in [0.3, 0.4) is 0 Å². The third-order valence-electron chi connectivity index (χ3n) is 2.48. The van der Waals surface area contributed by atoms with Crippen LogP contribution in [0.4, 0.5) is 0 Å². The lowest BCUT2D eigenvalue weighted by molar-refractivity contribution is 0.130. The average molecular weight is 157 g/mol. The summed E-state index contributed by atoms with van der Waals surface area (Å²) in [6.07, 6.45) is 4.39. The molecule has 2 N–H and O–H groups in total. The normalized spacial score (nSPS) is 28.4. The molecule has 0 aromatic carbocycles.